The van der Waals surface area contributed by atoms with Gasteiger partial charge in [-0.25, -0.2) is 13.1 Å². The molecule has 7 nitrogen and oxygen atoms in total. The fourth-order valence-electron chi connectivity index (χ4n) is 3.19. The molecule has 3 N–H and O–H groups in total. The maximum Gasteiger partial charge on any atom is 0.283 e. The van der Waals surface area contributed by atoms with Crippen molar-refractivity contribution in [2.75, 3.05) is 5.73 Å². The van der Waals surface area contributed by atoms with Gasteiger partial charge in [0, 0.05) is 11.1 Å². The normalized spacial score (nSPS) is 12.0. The van der Waals surface area contributed by atoms with Crippen LogP contribution in [0, 0.1) is 13.8 Å². The first kappa shape index (κ1) is 22.6. The molecule has 1 aromatic heterocycles. The first-order valence-electron chi connectivity index (χ1n) is 9.94. The van der Waals surface area contributed by atoms with Crippen LogP contribution in [0.2, 0.25) is 0 Å². The minimum Gasteiger partial charge on any atom is -0.399 e. The molecule has 0 unspecified atom stereocenters. The van der Waals surface area contributed by atoms with Crippen molar-refractivity contribution in [2.45, 2.75) is 51.5 Å². The van der Waals surface area contributed by atoms with Gasteiger partial charge in [0.1, 0.15) is 5.69 Å². The molecular weight excluding hydrogens is 412 g/mol. The van der Waals surface area contributed by atoms with Gasteiger partial charge in [-0.2, -0.15) is 5.10 Å². The summed E-state index contributed by atoms with van der Waals surface area (Å²) in [6.45, 7) is 10.3. The molecule has 0 bridgehead atoms. The van der Waals surface area contributed by atoms with E-state index in [2.05, 4.69) is 15.9 Å². The topological polar surface area (TPSA) is 107 Å². The summed E-state index contributed by atoms with van der Waals surface area (Å²) in [7, 11) is -4.08. The molecular formula is C23H28N4O3S. The Morgan fingerprint density at radius 1 is 1.10 bits per heavy atom. The van der Waals surface area contributed by atoms with E-state index in [1.807, 2.05) is 46.8 Å². The first-order valence-corrected chi connectivity index (χ1v) is 11.4. The molecule has 0 spiro atoms. The third-order valence-corrected chi connectivity index (χ3v) is 6.32. The Balaban J connectivity index is 1.98. The molecule has 3 rings (SSSR count). The molecule has 0 saturated heterocycles. The number of amides is 1. The summed E-state index contributed by atoms with van der Waals surface area (Å²) in [6, 6.07) is 13.5. The lowest BCUT2D eigenvalue weighted by Crippen LogP contribution is -2.32. The van der Waals surface area contributed by atoms with Gasteiger partial charge in [-0.05, 0) is 49.2 Å². The SMILES string of the molecule is Cc1ccc(Cn2nc(C(C)(C)C)cc2C(=O)NS(=O)(=O)c2cccc(N)c2)c(C)c1. The number of nitrogens with one attached hydrogen (secondary N) is 1. The summed E-state index contributed by atoms with van der Waals surface area (Å²) in [5.41, 5.74) is 9.77. The lowest BCUT2D eigenvalue weighted by Gasteiger charge is -2.14. The standard InChI is InChI=1S/C23H28N4O3S/c1-15-9-10-17(16(2)11-15)14-27-20(13-21(25-27)23(3,4)5)22(28)26-31(29,30)19-8-6-7-18(24)12-19/h6-13H,14,24H2,1-5H3,(H,26,28). The van der Waals surface area contributed by atoms with E-state index < -0.39 is 15.9 Å². The van der Waals surface area contributed by atoms with Crippen LogP contribution in [0.3, 0.4) is 0 Å². The minimum atomic E-state index is -4.08. The van der Waals surface area contributed by atoms with Gasteiger partial charge >= 0.3 is 0 Å². The third kappa shape index (κ3) is 5.14. The number of anilines is 1. The first-order chi connectivity index (χ1) is 14.4. The van der Waals surface area contributed by atoms with Crippen molar-refractivity contribution in [3.8, 4) is 0 Å². The van der Waals surface area contributed by atoms with Crippen molar-refractivity contribution in [3.05, 3.63) is 76.6 Å². The van der Waals surface area contributed by atoms with Gasteiger partial charge < -0.3 is 5.73 Å². The van der Waals surface area contributed by atoms with Crippen LogP contribution in [0.1, 0.15) is 53.6 Å². The summed E-state index contributed by atoms with van der Waals surface area (Å²) in [5, 5.41) is 4.62. The lowest BCUT2D eigenvalue weighted by molar-refractivity contribution is 0.0971. The van der Waals surface area contributed by atoms with Crippen molar-refractivity contribution in [1.29, 1.82) is 0 Å². The molecule has 0 aliphatic heterocycles. The number of aromatic nitrogens is 2. The number of nitrogens with zero attached hydrogens (tertiary/aromatic N) is 2. The molecule has 0 radical (unpaired) electrons. The fourth-order valence-corrected chi connectivity index (χ4v) is 4.20. The van der Waals surface area contributed by atoms with Gasteiger partial charge in [0.15, 0.2) is 0 Å². The van der Waals surface area contributed by atoms with Crippen molar-refractivity contribution in [2.24, 2.45) is 0 Å². The van der Waals surface area contributed by atoms with Crippen molar-refractivity contribution in [1.82, 2.24) is 14.5 Å². The van der Waals surface area contributed by atoms with Gasteiger partial charge in [0.05, 0.1) is 17.1 Å². The highest BCUT2D eigenvalue weighted by Gasteiger charge is 2.26. The van der Waals surface area contributed by atoms with Crippen molar-refractivity contribution < 1.29 is 13.2 Å². The van der Waals surface area contributed by atoms with Crippen LogP contribution in [0.25, 0.3) is 0 Å². The number of hydrogen-bond acceptors (Lipinski definition) is 5. The zero-order valence-corrected chi connectivity index (χ0v) is 19.2. The highest BCUT2D eigenvalue weighted by molar-refractivity contribution is 7.90. The van der Waals surface area contributed by atoms with Crippen LogP contribution >= 0.6 is 0 Å². The van der Waals surface area contributed by atoms with Gasteiger partial charge in [0.25, 0.3) is 15.9 Å². The van der Waals surface area contributed by atoms with E-state index in [1.54, 1.807) is 16.8 Å². The molecule has 0 saturated carbocycles. The van der Waals surface area contributed by atoms with Crippen LogP contribution < -0.4 is 10.5 Å². The van der Waals surface area contributed by atoms with Crippen molar-refractivity contribution in [3.63, 3.8) is 0 Å². The highest BCUT2D eigenvalue weighted by atomic mass is 32.2. The largest absolute Gasteiger partial charge is 0.399 e. The van der Waals surface area contributed by atoms with Crippen LogP contribution in [0.5, 0.6) is 0 Å². The van der Waals surface area contributed by atoms with E-state index in [0.29, 0.717) is 17.9 Å². The summed E-state index contributed by atoms with van der Waals surface area (Å²) in [5.74, 6) is -0.741. The molecule has 31 heavy (non-hydrogen) atoms. The molecule has 164 valence electrons. The fraction of sp³-hybridized carbons (Fsp3) is 0.304. The van der Waals surface area contributed by atoms with Gasteiger partial charge in [0.2, 0.25) is 0 Å². The van der Waals surface area contributed by atoms with E-state index in [4.69, 9.17) is 5.73 Å². The molecule has 0 aliphatic rings. The highest BCUT2D eigenvalue weighted by Crippen LogP contribution is 2.23. The number of sulfonamides is 1. The number of rotatable bonds is 5. The van der Waals surface area contributed by atoms with Crippen LogP contribution in [-0.4, -0.2) is 24.1 Å². The number of aryl methyl sites for hydroxylation is 2. The summed E-state index contributed by atoms with van der Waals surface area (Å²) < 4.78 is 29.1. The van der Waals surface area contributed by atoms with Gasteiger partial charge in [-0.1, -0.05) is 50.6 Å². The second kappa shape index (κ2) is 8.19. The Morgan fingerprint density at radius 3 is 2.42 bits per heavy atom. The quantitative estimate of drug-likeness (QED) is 0.590. The van der Waals surface area contributed by atoms with E-state index in [9.17, 15) is 13.2 Å². The summed E-state index contributed by atoms with van der Waals surface area (Å²) in [4.78, 5) is 13.0. The second-order valence-corrected chi connectivity index (χ2v) is 10.4. The Labute approximate surface area is 183 Å². The molecule has 1 amide bonds. The van der Waals surface area contributed by atoms with Gasteiger partial charge in [-0.15, -0.1) is 0 Å². The Bertz CT molecular complexity index is 1240. The minimum absolute atomic E-state index is 0.0719. The zero-order valence-electron chi connectivity index (χ0n) is 18.4. The Morgan fingerprint density at radius 2 is 1.81 bits per heavy atom. The molecule has 2 aromatic carbocycles. The Hall–Kier alpha value is -3.13. The molecule has 0 fully saturated rings. The number of carbonyl (C=O) groups is 1. The molecule has 1 heterocycles. The van der Waals surface area contributed by atoms with E-state index in [1.165, 1.54) is 18.2 Å². The monoisotopic (exact) mass is 440 g/mol. The predicted octanol–water partition coefficient (Wildman–Crippen LogP) is 3.55. The second-order valence-electron chi connectivity index (χ2n) is 8.76. The number of hydrogen-bond donors (Lipinski definition) is 2. The average molecular weight is 441 g/mol. The van der Waals surface area contributed by atoms with Crippen molar-refractivity contribution >= 4 is 21.6 Å². The lowest BCUT2D eigenvalue weighted by atomic mass is 9.92. The molecule has 0 aliphatic carbocycles. The van der Waals surface area contributed by atoms with Crippen LogP contribution in [0.15, 0.2) is 53.4 Å². The molecule has 8 heteroatoms. The summed E-state index contributed by atoms with van der Waals surface area (Å²) >= 11 is 0. The maximum atomic E-state index is 13.0. The maximum absolute atomic E-state index is 13.0. The molecule has 3 aromatic rings. The number of carbonyl (C=O) groups excluding carboxylic acids is 1. The van der Waals surface area contributed by atoms with E-state index >= 15 is 0 Å². The van der Waals surface area contributed by atoms with Crippen LogP contribution in [0.4, 0.5) is 5.69 Å². The Kier molecular flexibility index (Phi) is 5.96. The number of nitrogen functional groups attached to an aromatic ring is 1. The molecule has 0 atom stereocenters. The third-order valence-electron chi connectivity index (χ3n) is 4.99. The number of nitrogens with two attached hydrogens (primary N) is 1. The predicted molar refractivity (Wildman–Crippen MR) is 121 cm³/mol. The van der Waals surface area contributed by atoms with E-state index in [0.717, 1.165) is 16.7 Å². The number of benzene rings is 2. The smallest absolute Gasteiger partial charge is 0.283 e. The van der Waals surface area contributed by atoms with Gasteiger partial charge in [-0.3, -0.25) is 9.48 Å². The van der Waals surface area contributed by atoms with E-state index in [-0.39, 0.29) is 16.0 Å². The van der Waals surface area contributed by atoms with Crippen LogP contribution in [-0.2, 0) is 22.0 Å². The summed E-state index contributed by atoms with van der Waals surface area (Å²) in [6.07, 6.45) is 0. The zero-order chi connectivity index (χ0) is 23.0. The average Bonchev–Trinajstić information content (AvgIpc) is 3.08.